The van der Waals surface area contributed by atoms with E-state index in [1.807, 2.05) is 42.6 Å². The highest BCUT2D eigenvalue weighted by Gasteiger charge is 2.15. The Labute approximate surface area is 152 Å². The van der Waals surface area contributed by atoms with Crippen molar-refractivity contribution >= 4 is 40.6 Å². The molecule has 0 fully saturated rings. The van der Waals surface area contributed by atoms with Crippen molar-refractivity contribution in [1.82, 2.24) is 15.5 Å². The number of hydrogen-bond donors (Lipinski definition) is 1. The molecule has 0 bridgehead atoms. The number of amides is 1. The van der Waals surface area contributed by atoms with Gasteiger partial charge in [-0.2, -0.15) is 0 Å². The Bertz CT molecular complexity index is 820. The molecule has 0 saturated heterocycles. The van der Waals surface area contributed by atoms with Crippen LogP contribution in [-0.4, -0.2) is 21.9 Å². The van der Waals surface area contributed by atoms with E-state index in [0.717, 1.165) is 10.4 Å². The largest absolute Gasteiger partial charge is 0.410 e. The minimum Gasteiger partial charge on any atom is -0.410 e. The molecule has 0 saturated carbocycles. The van der Waals surface area contributed by atoms with Crippen LogP contribution in [0.2, 0.25) is 5.02 Å². The van der Waals surface area contributed by atoms with Crippen molar-refractivity contribution in [3.05, 3.63) is 52.4 Å². The third-order valence-electron chi connectivity index (χ3n) is 3.21. The first kappa shape index (κ1) is 17.0. The van der Waals surface area contributed by atoms with Crippen LogP contribution in [0, 0.1) is 0 Å². The van der Waals surface area contributed by atoms with Crippen molar-refractivity contribution < 1.29 is 9.21 Å². The molecule has 0 radical (unpaired) electrons. The van der Waals surface area contributed by atoms with Gasteiger partial charge in [0.1, 0.15) is 0 Å². The van der Waals surface area contributed by atoms with Gasteiger partial charge in [-0.05, 0) is 30.0 Å². The number of aromatic nitrogens is 2. The molecule has 0 aliphatic heterocycles. The standard InChI is InChI=1S/C16H14ClN3O2S2/c1-10(11-5-2-3-6-12(11)17)18-14(21)9-24-16-20-19-15(22-16)13-7-4-8-23-13/h2-8,10H,9H2,1H3,(H,18,21)/t10-/m1/s1. The molecule has 3 aromatic rings. The lowest BCUT2D eigenvalue weighted by Gasteiger charge is -2.15. The molecule has 0 aliphatic rings. The second kappa shape index (κ2) is 7.83. The Morgan fingerprint density at radius 3 is 2.92 bits per heavy atom. The van der Waals surface area contributed by atoms with E-state index >= 15 is 0 Å². The van der Waals surface area contributed by atoms with Gasteiger partial charge >= 0.3 is 0 Å². The summed E-state index contributed by atoms with van der Waals surface area (Å²) >= 11 is 8.87. The zero-order chi connectivity index (χ0) is 16.9. The smallest absolute Gasteiger partial charge is 0.277 e. The Morgan fingerprint density at radius 2 is 2.17 bits per heavy atom. The highest BCUT2D eigenvalue weighted by atomic mass is 35.5. The molecule has 1 atom stereocenters. The van der Waals surface area contributed by atoms with Crippen molar-refractivity contribution in [3.63, 3.8) is 0 Å². The maximum absolute atomic E-state index is 12.1. The summed E-state index contributed by atoms with van der Waals surface area (Å²) in [5.74, 6) is 0.543. The first-order chi connectivity index (χ1) is 11.6. The van der Waals surface area contributed by atoms with Gasteiger partial charge in [0, 0.05) is 5.02 Å². The predicted octanol–water partition coefficient (Wildman–Crippen LogP) is 4.42. The van der Waals surface area contributed by atoms with Crippen molar-refractivity contribution in [3.8, 4) is 10.8 Å². The van der Waals surface area contributed by atoms with E-state index < -0.39 is 0 Å². The van der Waals surface area contributed by atoms with Gasteiger partial charge in [0.2, 0.25) is 5.91 Å². The number of rotatable bonds is 6. The molecular formula is C16H14ClN3O2S2. The fourth-order valence-electron chi connectivity index (χ4n) is 2.08. The Hall–Kier alpha value is -1.83. The Balaban J connectivity index is 1.53. The van der Waals surface area contributed by atoms with Gasteiger partial charge in [-0.15, -0.1) is 21.5 Å². The van der Waals surface area contributed by atoms with E-state index in [4.69, 9.17) is 16.0 Å². The predicted molar refractivity (Wildman–Crippen MR) is 96.3 cm³/mol. The minimum atomic E-state index is -0.170. The molecule has 0 aliphatic carbocycles. The van der Waals surface area contributed by atoms with Crippen molar-refractivity contribution in [1.29, 1.82) is 0 Å². The summed E-state index contributed by atoms with van der Waals surface area (Å²) in [6.07, 6.45) is 0. The quantitative estimate of drug-likeness (QED) is 0.642. The number of halogens is 1. The zero-order valence-corrected chi connectivity index (χ0v) is 15.1. The molecule has 24 heavy (non-hydrogen) atoms. The second-order valence-corrected chi connectivity index (χ2v) is 7.23. The normalized spacial score (nSPS) is 12.1. The van der Waals surface area contributed by atoms with Gasteiger partial charge < -0.3 is 9.73 Å². The maximum Gasteiger partial charge on any atom is 0.277 e. The van der Waals surface area contributed by atoms with Gasteiger partial charge in [0.05, 0.1) is 16.7 Å². The van der Waals surface area contributed by atoms with Crippen LogP contribution in [0.3, 0.4) is 0 Å². The topological polar surface area (TPSA) is 68.0 Å². The minimum absolute atomic E-state index is 0.122. The number of nitrogens with one attached hydrogen (secondary N) is 1. The lowest BCUT2D eigenvalue weighted by molar-refractivity contribution is -0.119. The third kappa shape index (κ3) is 4.17. The van der Waals surface area contributed by atoms with Gasteiger partial charge in [0.15, 0.2) is 0 Å². The molecule has 1 aromatic carbocycles. The molecule has 0 spiro atoms. The van der Waals surface area contributed by atoms with Crippen LogP contribution in [0.5, 0.6) is 0 Å². The molecule has 1 amide bonds. The summed E-state index contributed by atoms with van der Waals surface area (Å²) in [4.78, 5) is 13.0. The summed E-state index contributed by atoms with van der Waals surface area (Å²) < 4.78 is 5.54. The van der Waals surface area contributed by atoms with E-state index in [1.165, 1.54) is 23.1 Å². The SMILES string of the molecule is C[C@@H](NC(=O)CSc1nnc(-c2cccs2)o1)c1ccccc1Cl. The molecule has 3 rings (SSSR count). The van der Waals surface area contributed by atoms with Gasteiger partial charge in [0.25, 0.3) is 11.1 Å². The average Bonchev–Trinajstić information content (AvgIpc) is 3.24. The van der Waals surface area contributed by atoms with Crippen LogP contribution in [0.15, 0.2) is 51.4 Å². The highest BCUT2D eigenvalue weighted by molar-refractivity contribution is 7.99. The van der Waals surface area contributed by atoms with E-state index in [2.05, 4.69) is 15.5 Å². The van der Waals surface area contributed by atoms with Crippen LogP contribution in [-0.2, 0) is 4.79 Å². The molecule has 5 nitrogen and oxygen atoms in total. The van der Waals surface area contributed by atoms with Crippen molar-refractivity contribution in [2.75, 3.05) is 5.75 Å². The Morgan fingerprint density at radius 1 is 1.33 bits per heavy atom. The lowest BCUT2D eigenvalue weighted by Crippen LogP contribution is -2.28. The zero-order valence-electron chi connectivity index (χ0n) is 12.7. The van der Waals surface area contributed by atoms with E-state index in [9.17, 15) is 4.79 Å². The van der Waals surface area contributed by atoms with E-state index in [1.54, 1.807) is 6.07 Å². The number of thioether (sulfide) groups is 1. The molecular weight excluding hydrogens is 366 g/mol. The summed E-state index contributed by atoms with van der Waals surface area (Å²) in [5, 5.41) is 13.8. The van der Waals surface area contributed by atoms with Crippen LogP contribution in [0.1, 0.15) is 18.5 Å². The monoisotopic (exact) mass is 379 g/mol. The summed E-state index contributed by atoms with van der Waals surface area (Å²) in [6.45, 7) is 1.89. The molecule has 124 valence electrons. The summed E-state index contributed by atoms with van der Waals surface area (Å²) in [5.41, 5.74) is 0.885. The van der Waals surface area contributed by atoms with Gasteiger partial charge in [-0.25, -0.2) is 0 Å². The van der Waals surface area contributed by atoms with E-state index in [-0.39, 0.29) is 17.7 Å². The van der Waals surface area contributed by atoms with Crippen molar-refractivity contribution in [2.24, 2.45) is 0 Å². The lowest BCUT2D eigenvalue weighted by atomic mass is 10.1. The fraction of sp³-hybridized carbons (Fsp3) is 0.188. The van der Waals surface area contributed by atoms with Crippen LogP contribution in [0.25, 0.3) is 10.8 Å². The number of carbonyl (C=O) groups excluding carboxylic acids is 1. The fourth-order valence-corrected chi connectivity index (χ4v) is 3.60. The van der Waals surface area contributed by atoms with E-state index in [0.29, 0.717) is 16.1 Å². The Kier molecular flexibility index (Phi) is 5.55. The second-order valence-electron chi connectivity index (χ2n) is 4.95. The van der Waals surface area contributed by atoms with Gasteiger partial charge in [-0.1, -0.05) is 47.6 Å². The molecule has 0 unspecified atom stereocenters. The van der Waals surface area contributed by atoms with Crippen molar-refractivity contribution in [2.45, 2.75) is 18.2 Å². The third-order valence-corrected chi connectivity index (χ3v) is 5.23. The molecule has 1 N–H and O–H groups in total. The van der Waals surface area contributed by atoms with Crippen LogP contribution in [0.4, 0.5) is 0 Å². The van der Waals surface area contributed by atoms with Crippen LogP contribution >= 0.6 is 34.7 Å². The molecule has 2 heterocycles. The average molecular weight is 380 g/mol. The molecule has 2 aromatic heterocycles. The first-order valence-electron chi connectivity index (χ1n) is 7.17. The number of carbonyl (C=O) groups is 1. The number of benzene rings is 1. The highest BCUT2D eigenvalue weighted by Crippen LogP contribution is 2.27. The van der Waals surface area contributed by atoms with Gasteiger partial charge in [-0.3, -0.25) is 4.79 Å². The maximum atomic E-state index is 12.1. The summed E-state index contributed by atoms with van der Waals surface area (Å²) in [6, 6.07) is 11.1. The first-order valence-corrected chi connectivity index (χ1v) is 9.42. The molecule has 8 heteroatoms. The number of hydrogen-bond acceptors (Lipinski definition) is 6. The number of thiophene rings is 1. The summed E-state index contributed by atoms with van der Waals surface area (Å²) in [7, 11) is 0. The van der Waals surface area contributed by atoms with Crippen LogP contribution < -0.4 is 5.32 Å². The number of nitrogens with zero attached hydrogens (tertiary/aromatic N) is 2.